The normalized spacial score (nSPS) is 12.1. The van der Waals surface area contributed by atoms with Crippen LogP contribution < -0.4 is 15.2 Å². The number of furan rings is 1. The highest BCUT2D eigenvalue weighted by Crippen LogP contribution is 2.24. The molecule has 0 radical (unpaired) electrons. The van der Waals surface area contributed by atoms with Gasteiger partial charge in [0.15, 0.2) is 6.10 Å². The fourth-order valence-electron chi connectivity index (χ4n) is 1.70. The second-order valence-corrected chi connectivity index (χ2v) is 4.18. The maximum Gasteiger partial charge on any atom is 0.168 e. The summed E-state index contributed by atoms with van der Waals surface area (Å²) in [6, 6.07) is 11.2. The molecule has 1 atom stereocenters. The van der Waals surface area contributed by atoms with Gasteiger partial charge in [0.25, 0.3) is 0 Å². The number of hydrogen-bond donors (Lipinski definition) is 1. The molecule has 1 aromatic carbocycles. The first-order valence-corrected chi connectivity index (χ1v) is 6.46. The van der Waals surface area contributed by atoms with Gasteiger partial charge < -0.3 is 19.6 Å². The zero-order valence-electron chi connectivity index (χ0n) is 11.0. The Morgan fingerprint density at radius 2 is 1.89 bits per heavy atom. The summed E-state index contributed by atoms with van der Waals surface area (Å²) in [5.74, 6) is 2.32. The molecule has 4 nitrogen and oxygen atoms in total. The van der Waals surface area contributed by atoms with E-state index >= 15 is 0 Å². The van der Waals surface area contributed by atoms with Crippen LogP contribution in [0.1, 0.15) is 25.2 Å². The lowest BCUT2D eigenvalue weighted by Crippen LogP contribution is -2.17. The van der Waals surface area contributed by atoms with Crippen LogP contribution in [0.25, 0.3) is 0 Å². The van der Waals surface area contributed by atoms with Gasteiger partial charge in [-0.2, -0.15) is 0 Å². The molecule has 102 valence electrons. The Balaban J connectivity index is 1.98. The van der Waals surface area contributed by atoms with Crippen molar-refractivity contribution >= 4 is 0 Å². The molecule has 0 saturated carbocycles. The van der Waals surface area contributed by atoms with Crippen molar-refractivity contribution in [2.24, 2.45) is 5.73 Å². The minimum absolute atomic E-state index is 0.266. The summed E-state index contributed by atoms with van der Waals surface area (Å²) in [7, 11) is 0. The van der Waals surface area contributed by atoms with Crippen molar-refractivity contribution in [2.45, 2.75) is 19.4 Å². The first kappa shape index (κ1) is 13.5. The number of rotatable bonds is 7. The molecule has 0 bridgehead atoms. The van der Waals surface area contributed by atoms with E-state index in [9.17, 15) is 0 Å². The molecule has 1 aromatic heterocycles. The van der Waals surface area contributed by atoms with Crippen molar-refractivity contribution in [3.05, 3.63) is 48.4 Å². The minimum atomic E-state index is -0.266. The van der Waals surface area contributed by atoms with Crippen molar-refractivity contribution in [2.75, 3.05) is 13.2 Å². The van der Waals surface area contributed by atoms with Crippen LogP contribution in [-0.2, 0) is 0 Å². The van der Waals surface area contributed by atoms with E-state index in [0.717, 1.165) is 30.3 Å². The molecule has 2 rings (SSSR count). The second-order valence-electron chi connectivity index (χ2n) is 4.18. The van der Waals surface area contributed by atoms with Crippen molar-refractivity contribution < 1.29 is 13.9 Å². The van der Waals surface area contributed by atoms with Crippen LogP contribution in [0.5, 0.6) is 11.5 Å². The van der Waals surface area contributed by atoms with E-state index in [-0.39, 0.29) is 6.10 Å². The molecule has 0 aliphatic rings. The van der Waals surface area contributed by atoms with Crippen molar-refractivity contribution in [1.29, 1.82) is 0 Å². The summed E-state index contributed by atoms with van der Waals surface area (Å²) >= 11 is 0. The Morgan fingerprint density at radius 3 is 2.47 bits per heavy atom. The van der Waals surface area contributed by atoms with E-state index in [4.69, 9.17) is 19.6 Å². The molecule has 0 aliphatic heterocycles. The summed E-state index contributed by atoms with van der Waals surface area (Å²) in [4.78, 5) is 0. The maximum atomic E-state index is 5.79. The quantitative estimate of drug-likeness (QED) is 0.831. The van der Waals surface area contributed by atoms with Gasteiger partial charge in [0, 0.05) is 6.54 Å². The van der Waals surface area contributed by atoms with Crippen molar-refractivity contribution in [3.8, 4) is 11.5 Å². The molecule has 2 aromatic rings. The van der Waals surface area contributed by atoms with Gasteiger partial charge in [-0.3, -0.25) is 0 Å². The molecule has 2 N–H and O–H groups in total. The molecule has 0 spiro atoms. The minimum Gasteiger partial charge on any atom is -0.494 e. The number of benzene rings is 1. The standard InChI is InChI=1S/C15H19NO3/c1-2-9-17-12-5-7-13(8-6-12)19-15(11-16)14-4-3-10-18-14/h3-8,10,15H,2,9,11,16H2,1H3. The molecular weight excluding hydrogens is 242 g/mol. The van der Waals surface area contributed by atoms with Gasteiger partial charge in [-0.15, -0.1) is 0 Å². The van der Waals surface area contributed by atoms with Gasteiger partial charge in [-0.1, -0.05) is 6.92 Å². The molecule has 0 amide bonds. The first-order chi connectivity index (χ1) is 9.33. The lowest BCUT2D eigenvalue weighted by Gasteiger charge is -2.15. The average Bonchev–Trinajstić information content (AvgIpc) is 2.98. The fourth-order valence-corrected chi connectivity index (χ4v) is 1.70. The predicted molar refractivity (Wildman–Crippen MR) is 73.4 cm³/mol. The Bertz CT molecular complexity index is 465. The molecule has 4 heteroatoms. The third-order valence-corrected chi connectivity index (χ3v) is 2.65. The second kappa shape index (κ2) is 6.85. The number of ether oxygens (including phenoxy) is 2. The monoisotopic (exact) mass is 261 g/mol. The highest BCUT2D eigenvalue weighted by Gasteiger charge is 2.14. The number of nitrogens with two attached hydrogens (primary N) is 1. The molecule has 0 aliphatic carbocycles. The average molecular weight is 261 g/mol. The Kier molecular flexibility index (Phi) is 4.86. The molecular formula is C15H19NO3. The van der Waals surface area contributed by atoms with Gasteiger partial charge in [-0.25, -0.2) is 0 Å². The van der Waals surface area contributed by atoms with Gasteiger partial charge in [0.2, 0.25) is 0 Å². The van der Waals surface area contributed by atoms with Crippen LogP contribution >= 0.6 is 0 Å². The van der Waals surface area contributed by atoms with Crippen molar-refractivity contribution in [1.82, 2.24) is 0 Å². The van der Waals surface area contributed by atoms with Gasteiger partial charge in [-0.05, 0) is 42.8 Å². The third kappa shape index (κ3) is 3.76. The van der Waals surface area contributed by atoms with Crippen LogP contribution in [0.15, 0.2) is 47.1 Å². The molecule has 1 unspecified atom stereocenters. The molecule has 0 saturated heterocycles. The Morgan fingerprint density at radius 1 is 1.16 bits per heavy atom. The zero-order valence-corrected chi connectivity index (χ0v) is 11.0. The Hall–Kier alpha value is -1.94. The molecule has 19 heavy (non-hydrogen) atoms. The Labute approximate surface area is 113 Å². The molecule has 1 heterocycles. The van der Waals surface area contributed by atoms with E-state index in [0.29, 0.717) is 6.54 Å². The van der Waals surface area contributed by atoms with Crippen LogP contribution in [0.2, 0.25) is 0 Å². The largest absolute Gasteiger partial charge is 0.494 e. The van der Waals surface area contributed by atoms with Gasteiger partial charge in [0.05, 0.1) is 12.9 Å². The van der Waals surface area contributed by atoms with E-state index in [1.807, 2.05) is 36.4 Å². The van der Waals surface area contributed by atoms with Gasteiger partial charge in [0.1, 0.15) is 17.3 Å². The predicted octanol–water partition coefficient (Wildman–Crippen LogP) is 3.15. The van der Waals surface area contributed by atoms with E-state index < -0.39 is 0 Å². The zero-order chi connectivity index (χ0) is 13.5. The SMILES string of the molecule is CCCOc1ccc(OC(CN)c2ccco2)cc1. The van der Waals surface area contributed by atoms with Crippen LogP contribution in [0.3, 0.4) is 0 Å². The summed E-state index contributed by atoms with van der Waals surface area (Å²) in [5.41, 5.74) is 5.70. The summed E-state index contributed by atoms with van der Waals surface area (Å²) in [5, 5.41) is 0. The highest BCUT2D eigenvalue weighted by atomic mass is 16.5. The van der Waals surface area contributed by atoms with E-state index in [2.05, 4.69) is 6.92 Å². The number of hydrogen-bond acceptors (Lipinski definition) is 4. The molecule has 0 fully saturated rings. The summed E-state index contributed by atoms with van der Waals surface area (Å²) in [6.45, 7) is 3.16. The smallest absolute Gasteiger partial charge is 0.168 e. The summed E-state index contributed by atoms with van der Waals surface area (Å²) < 4.78 is 16.6. The van der Waals surface area contributed by atoms with Crippen molar-refractivity contribution in [3.63, 3.8) is 0 Å². The summed E-state index contributed by atoms with van der Waals surface area (Å²) in [6.07, 6.45) is 2.34. The van der Waals surface area contributed by atoms with E-state index in [1.165, 1.54) is 0 Å². The van der Waals surface area contributed by atoms with Crippen LogP contribution in [0.4, 0.5) is 0 Å². The third-order valence-electron chi connectivity index (χ3n) is 2.65. The lowest BCUT2D eigenvalue weighted by atomic mass is 10.2. The van der Waals surface area contributed by atoms with E-state index in [1.54, 1.807) is 6.26 Å². The highest BCUT2D eigenvalue weighted by molar-refractivity contribution is 5.31. The topological polar surface area (TPSA) is 57.6 Å². The van der Waals surface area contributed by atoms with Crippen LogP contribution in [-0.4, -0.2) is 13.2 Å². The first-order valence-electron chi connectivity index (χ1n) is 6.46. The fraction of sp³-hybridized carbons (Fsp3) is 0.333. The van der Waals surface area contributed by atoms with Gasteiger partial charge >= 0.3 is 0 Å². The van der Waals surface area contributed by atoms with Crippen LogP contribution in [0, 0.1) is 0 Å². The maximum absolute atomic E-state index is 5.79. The lowest BCUT2D eigenvalue weighted by molar-refractivity contribution is 0.184.